The van der Waals surface area contributed by atoms with Crippen molar-refractivity contribution in [3.05, 3.63) is 93.4 Å². The third-order valence-electron chi connectivity index (χ3n) is 5.57. The average Bonchev–Trinajstić information content (AvgIpc) is 3.15. The lowest BCUT2D eigenvalue weighted by Gasteiger charge is -2.29. The van der Waals surface area contributed by atoms with E-state index in [-0.39, 0.29) is 6.04 Å². The van der Waals surface area contributed by atoms with Gasteiger partial charge in [0.25, 0.3) is 0 Å². The predicted octanol–water partition coefficient (Wildman–Crippen LogP) is 7.30. The van der Waals surface area contributed by atoms with Gasteiger partial charge in [-0.15, -0.1) is 0 Å². The molecule has 1 heterocycles. The molecule has 0 fully saturated rings. The van der Waals surface area contributed by atoms with Gasteiger partial charge >= 0.3 is 6.18 Å². The van der Waals surface area contributed by atoms with Gasteiger partial charge in [-0.2, -0.15) is 13.2 Å². The van der Waals surface area contributed by atoms with Gasteiger partial charge in [0, 0.05) is 13.1 Å². The maximum Gasteiger partial charge on any atom is 0.449 e. The van der Waals surface area contributed by atoms with E-state index in [4.69, 9.17) is 4.42 Å². The summed E-state index contributed by atoms with van der Waals surface area (Å²) in [5.41, 5.74) is 7.05. The molecule has 0 radical (unpaired) electrons. The number of hydrogen-bond acceptors (Lipinski definition) is 2. The summed E-state index contributed by atoms with van der Waals surface area (Å²) in [6.07, 6.45) is -4.48. The number of furan rings is 1. The van der Waals surface area contributed by atoms with E-state index < -0.39 is 11.9 Å². The Kier molecular flexibility index (Phi) is 6.41. The third kappa shape index (κ3) is 5.14. The predicted molar refractivity (Wildman–Crippen MR) is 113 cm³/mol. The second-order valence-electron chi connectivity index (χ2n) is 8.14. The molecule has 2 aromatic carbocycles. The maximum absolute atomic E-state index is 13.0. The van der Waals surface area contributed by atoms with Gasteiger partial charge in [0.15, 0.2) is 0 Å². The summed E-state index contributed by atoms with van der Waals surface area (Å²) in [6, 6.07) is 14.6. The Morgan fingerprint density at radius 3 is 1.97 bits per heavy atom. The van der Waals surface area contributed by atoms with Crippen molar-refractivity contribution in [3.63, 3.8) is 0 Å². The molecule has 0 bridgehead atoms. The number of aryl methyl sites for hydroxylation is 4. The van der Waals surface area contributed by atoms with Crippen LogP contribution in [0.5, 0.6) is 0 Å². The van der Waals surface area contributed by atoms with Crippen molar-refractivity contribution < 1.29 is 17.6 Å². The Labute approximate surface area is 176 Å². The zero-order chi connectivity index (χ0) is 22.1. The van der Waals surface area contributed by atoms with E-state index in [0.29, 0.717) is 18.8 Å². The lowest BCUT2D eigenvalue weighted by Crippen LogP contribution is -2.27. The lowest BCUT2D eigenvalue weighted by molar-refractivity contribution is -0.153. The van der Waals surface area contributed by atoms with Gasteiger partial charge in [-0.25, -0.2) is 0 Å². The minimum absolute atomic E-state index is 0.317. The number of halogens is 3. The maximum atomic E-state index is 13.0. The number of alkyl halides is 3. The minimum Gasteiger partial charge on any atom is -0.455 e. The molecule has 0 spiro atoms. The smallest absolute Gasteiger partial charge is 0.449 e. The van der Waals surface area contributed by atoms with Crippen LogP contribution < -0.4 is 0 Å². The summed E-state index contributed by atoms with van der Waals surface area (Å²) in [5, 5.41) is 0. The van der Waals surface area contributed by atoms with E-state index in [2.05, 4.69) is 62.1 Å². The number of hydrogen-bond donors (Lipinski definition) is 0. The lowest BCUT2D eigenvalue weighted by atomic mass is 9.98. The van der Waals surface area contributed by atoms with Crippen LogP contribution >= 0.6 is 0 Å². The average molecular weight is 415 g/mol. The van der Waals surface area contributed by atoms with Crippen molar-refractivity contribution in [3.8, 4) is 0 Å². The van der Waals surface area contributed by atoms with Crippen LogP contribution in [0.2, 0.25) is 0 Å². The van der Waals surface area contributed by atoms with E-state index in [1.54, 1.807) is 0 Å². The fourth-order valence-corrected chi connectivity index (χ4v) is 3.83. The first kappa shape index (κ1) is 22.2. The van der Waals surface area contributed by atoms with E-state index in [1.807, 2.05) is 13.8 Å². The molecule has 0 N–H and O–H groups in total. The molecule has 3 aromatic rings. The molecule has 0 aliphatic rings. The number of nitrogens with zero attached hydrogens (tertiary/aromatic N) is 1. The summed E-state index contributed by atoms with van der Waals surface area (Å²) in [7, 11) is 0. The van der Waals surface area contributed by atoms with Crippen molar-refractivity contribution in [2.45, 2.75) is 59.9 Å². The van der Waals surface area contributed by atoms with Crippen LogP contribution in [0.3, 0.4) is 0 Å². The Hall–Kier alpha value is -2.53. The molecular formula is C25H28F3NO. The second-order valence-corrected chi connectivity index (χ2v) is 8.14. The van der Waals surface area contributed by atoms with E-state index in [0.717, 1.165) is 11.6 Å². The SMILES string of the molecule is Cc1ccc(CN(Cc2c(C)cc(C)cc2C)C(C)c2ccc(C(F)(F)F)o2)cc1. The van der Waals surface area contributed by atoms with Crippen LogP contribution in [0.4, 0.5) is 13.2 Å². The highest BCUT2D eigenvalue weighted by molar-refractivity contribution is 5.37. The minimum atomic E-state index is -4.48. The standard InChI is InChI=1S/C25H28F3NO/c1-16-6-8-21(9-7-16)14-29(15-22-18(3)12-17(2)13-19(22)4)20(5)23-10-11-24(30-23)25(26,27)28/h6-13,20H,14-15H2,1-5H3. The summed E-state index contributed by atoms with van der Waals surface area (Å²) < 4.78 is 44.3. The van der Waals surface area contributed by atoms with Crippen molar-refractivity contribution >= 4 is 0 Å². The van der Waals surface area contributed by atoms with Crippen molar-refractivity contribution in [2.75, 3.05) is 0 Å². The van der Waals surface area contributed by atoms with Gasteiger partial charge < -0.3 is 4.42 Å². The Balaban J connectivity index is 1.94. The molecule has 0 aliphatic heterocycles. The van der Waals surface area contributed by atoms with Crippen LogP contribution in [0.25, 0.3) is 0 Å². The molecular weight excluding hydrogens is 387 g/mol. The highest BCUT2D eigenvalue weighted by Crippen LogP contribution is 2.34. The Bertz CT molecular complexity index is 979. The van der Waals surface area contributed by atoms with Gasteiger partial charge in [0.2, 0.25) is 5.76 Å². The number of rotatable bonds is 6. The van der Waals surface area contributed by atoms with Gasteiger partial charge in [-0.05, 0) is 69.0 Å². The molecule has 1 unspecified atom stereocenters. The van der Waals surface area contributed by atoms with E-state index >= 15 is 0 Å². The molecule has 0 saturated heterocycles. The first-order valence-electron chi connectivity index (χ1n) is 10.1. The Morgan fingerprint density at radius 2 is 1.43 bits per heavy atom. The fraction of sp³-hybridized carbons (Fsp3) is 0.360. The van der Waals surface area contributed by atoms with Gasteiger partial charge in [0.05, 0.1) is 6.04 Å². The van der Waals surface area contributed by atoms with Crippen molar-refractivity contribution in [1.82, 2.24) is 4.90 Å². The molecule has 3 rings (SSSR count). The van der Waals surface area contributed by atoms with Crippen LogP contribution in [0, 0.1) is 27.7 Å². The summed E-state index contributed by atoms with van der Waals surface area (Å²) in [5.74, 6) is -0.640. The first-order chi connectivity index (χ1) is 14.0. The topological polar surface area (TPSA) is 16.4 Å². The van der Waals surface area contributed by atoms with Crippen LogP contribution in [-0.2, 0) is 19.3 Å². The largest absolute Gasteiger partial charge is 0.455 e. The molecule has 1 aromatic heterocycles. The van der Waals surface area contributed by atoms with Crippen molar-refractivity contribution in [1.29, 1.82) is 0 Å². The fourth-order valence-electron chi connectivity index (χ4n) is 3.83. The normalized spacial score (nSPS) is 13.1. The first-order valence-corrected chi connectivity index (χ1v) is 10.1. The summed E-state index contributed by atoms with van der Waals surface area (Å²) in [4.78, 5) is 2.16. The van der Waals surface area contributed by atoms with E-state index in [1.165, 1.54) is 33.9 Å². The summed E-state index contributed by atoms with van der Waals surface area (Å²) >= 11 is 0. The molecule has 160 valence electrons. The van der Waals surface area contributed by atoms with Gasteiger partial charge in [-0.3, -0.25) is 4.90 Å². The zero-order valence-electron chi connectivity index (χ0n) is 18.1. The molecule has 0 saturated carbocycles. The molecule has 0 amide bonds. The van der Waals surface area contributed by atoms with Crippen molar-refractivity contribution in [2.24, 2.45) is 0 Å². The molecule has 2 nitrogen and oxygen atoms in total. The monoisotopic (exact) mass is 415 g/mol. The van der Waals surface area contributed by atoms with Crippen LogP contribution in [-0.4, -0.2) is 4.90 Å². The van der Waals surface area contributed by atoms with Crippen LogP contribution in [0.1, 0.15) is 57.9 Å². The highest BCUT2D eigenvalue weighted by atomic mass is 19.4. The number of benzene rings is 2. The highest BCUT2D eigenvalue weighted by Gasteiger charge is 2.35. The summed E-state index contributed by atoms with van der Waals surface area (Å²) in [6.45, 7) is 11.4. The van der Waals surface area contributed by atoms with E-state index in [9.17, 15) is 13.2 Å². The third-order valence-corrected chi connectivity index (χ3v) is 5.57. The van der Waals surface area contributed by atoms with Crippen LogP contribution in [0.15, 0.2) is 52.9 Å². The molecule has 5 heteroatoms. The van der Waals surface area contributed by atoms with Gasteiger partial charge in [-0.1, -0.05) is 47.5 Å². The Morgan fingerprint density at radius 1 is 0.833 bits per heavy atom. The quantitative estimate of drug-likeness (QED) is 0.420. The van der Waals surface area contributed by atoms with Gasteiger partial charge in [0.1, 0.15) is 5.76 Å². The second kappa shape index (κ2) is 8.68. The molecule has 0 aliphatic carbocycles. The molecule has 1 atom stereocenters. The zero-order valence-corrected chi connectivity index (χ0v) is 18.1. The molecule has 30 heavy (non-hydrogen) atoms.